The van der Waals surface area contributed by atoms with E-state index in [1.165, 1.54) is 12.1 Å². The summed E-state index contributed by atoms with van der Waals surface area (Å²) in [6, 6.07) is 4.62. The topological polar surface area (TPSA) is 38.0 Å². The second-order valence-electron chi connectivity index (χ2n) is 4.82. The monoisotopic (exact) mass is 258 g/mol. The quantitative estimate of drug-likeness (QED) is 0.629. The van der Waals surface area contributed by atoms with Gasteiger partial charge in [-0.25, -0.2) is 4.39 Å². The number of hydrogen-bond donors (Lipinski definition) is 2. The summed E-state index contributed by atoms with van der Waals surface area (Å²) in [6.45, 7) is 6.45. The minimum absolute atomic E-state index is 0.137. The molecule has 1 aromatic rings. The first-order chi connectivity index (χ1) is 7.95. The fourth-order valence-corrected chi connectivity index (χ4v) is 2.03. The van der Waals surface area contributed by atoms with Crippen molar-refractivity contribution in [2.45, 2.75) is 33.2 Å². The molecule has 0 saturated heterocycles. The predicted octanol–water partition coefficient (Wildman–Crippen LogP) is 3.15. The van der Waals surface area contributed by atoms with Crippen LogP contribution in [0.2, 0.25) is 5.02 Å². The lowest BCUT2D eigenvalue weighted by molar-refractivity contribution is 0.299. The Bertz CT molecular complexity index is 368. The number of nitrogens with two attached hydrogens (primary N) is 1. The molecule has 0 aliphatic heterocycles. The second-order valence-corrected chi connectivity index (χ2v) is 5.22. The molecule has 2 unspecified atom stereocenters. The van der Waals surface area contributed by atoms with Crippen molar-refractivity contribution in [3.63, 3.8) is 0 Å². The van der Waals surface area contributed by atoms with E-state index in [9.17, 15) is 4.39 Å². The Balaban J connectivity index is 2.80. The maximum Gasteiger partial charge on any atom is 0.124 e. The van der Waals surface area contributed by atoms with Gasteiger partial charge in [-0.05, 0) is 36.0 Å². The summed E-state index contributed by atoms with van der Waals surface area (Å²) in [4.78, 5) is 0. The van der Waals surface area contributed by atoms with Crippen molar-refractivity contribution < 1.29 is 4.39 Å². The molecule has 0 aliphatic carbocycles. The van der Waals surface area contributed by atoms with E-state index in [0.717, 1.165) is 5.56 Å². The minimum Gasteiger partial charge on any atom is -0.271 e. The van der Waals surface area contributed by atoms with Crippen LogP contribution < -0.4 is 11.3 Å². The van der Waals surface area contributed by atoms with Crippen molar-refractivity contribution in [1.29, 1.82) is 0 Å². The van der Waals surface area contributed by atoms with Gasteiger partial charge < -0.3 is 0 Å². The van der Waals surface area contributed by atoms with Crippen molar-refractivity contribution in [3.8, 4) is 0 Å². The molecule has 0 spiro atoms. The maximum absolute atomic E-state index is 12.9. The third-order valence-corrected chi connectivity index (χ3v) is 3.71. The van der Waals surface area contributed by atoms with Gasteiger partial charge in [0.05, 0.1) is 0 Å². The molecule has 0 amide bonds. The molecule has 2 nitrogen and oxygen atoms in total. The van der Waals surface area contributed by atoms with Crippen molar-refractivity contribution in [3.05, 3.63) is 34.6 Å². The van der Waals surface area contributed by atoms with E-state index in [1.54, 1.807) is 6.07 Å². The average molecular weight is 259 g/mol. The Morgan fingerprint density at radius 3 is 2.47 bits per heavy atom. The van der Waals surface area contributed by atoms with Gasteiger partial charge in [0.25, 0.3) is 0 Å². The molecule has 0 saturated carbocycles. The number of halogens is 2. The molecule has 1 aromatic carbocycles. The number of hydrazine groups is 1. The lowest BCUT2D eigenvalue weighted by Crippen LogP contribution is -2.43. The molecule has 0 heterocycles. The highest BCUT2D eigenvalue weighted by molar-refractivity contribution is 6.31. The Labute approximate surface area is 107 Å². The second kappa shape index (κ2) is 6.34. The largest absolute Gasteiger partial charge is 0.271 e. The van der Waals surface area contributed by atoms with Crippen LogP contribution in [0, 0.1) is 17.7 Å². The third-order valence-electron chi connectivity index (χ3n) is 3.36. The molecule has 0 bridgehead atoms. The maximum atomic E-state index is 12.9. The van der Waals surface area contributed by atoms with Crippen LogP contribution in [-0.2, 0) is 6.42 Å². The first kappa shape index (κ1) is 14.4. The molecule has 0 radical (unpaired) electrons. The van der Waals surface area contributed by atoms with Crippen molar-refractivity contribution in [2.24, 2.45) is 17.7 Å². The highest BCUT2D eigenvalue weighted by Gasteiger charge is 2.20. The van der Waals surface area contributed by atoms with Crippen LogP contribution >= 0.6 is 11.6 Å². The molecule has 96 valence electrons. The van der Waals surface area contributed by atoms with Crippen LogP contribution in [0.1, 0.15) is 26.3 Å². The van der Waals surface area contributed by atoms with Crippen LogP contribution in [0.3, 0.4) is 0 Å². The fraction of sp³-hybridized carbons (Fsp3) is 0.538. The van der Waals surface area contributed by atoms with Crippen LogP contribution in [-0.4, -0.2) is 6.04 Å². The Morgan fingerprint density at radius 1 is 1.35 bits per heavy atom. The highest BCUT2D eigenvalue weighted by atomic mass is 35.5. The van der Waals surface area contributed by atoms with E-state index in [4.69, 9.17) is 17.4 Å². The Hall–Kier alpha value is -0.640. The molecule has 2 atom stereocenters. The van der Waals surface area contributed by atoms with Gasteiger partial charge in [-0.3, -0.25) is 11.3 Å². The van der Waals surface area contributed by atoms with E-state index in [0.29, 0.717) is 23.3 Å². The molecule has 1 rings (SSSR count). The van der Waals surface area contributed by atoms with Gasteiger partial charge in [-0.15, -0.1) is 0 Å². The fourth-order valence-electron chi connectivity index (χ4n) is 1.79. The van der Waals surface area contributed by atoms with Gasteiger partial charge >= 0.3 is 0 Å². The highest BCUT2D eigenvalue weighted by Crippen LogP contribution is 2.23. The van der Waals surface area contributed by atoms with Gasteiger partial charge in [0, 0.05) is 11.1 Å². The first-order valence-corrected chi connectivity index (χ1v) is 6.23. The van der Waals surface area contributed by atoms with Crippen molar-refractivity contribution in [1.82, 2.24) is 5.43 Å². The molecule has 17 heavy (non-hydrogen) atoms. The van der Waals surface area contributed by atoms with E-state index >= 15 is 0 Å². The normalized spacial score (nSPS) is 15.0. The van der Waals surface area contributed by atoms with Crippen molar-refractivity contribution in [2.75, 3.05) is 0 Å². The van der Waals surface area contributed by atoms with E-state index < -0.39 is 0 Å². The molecular weight excluding hydrogens is 239 g/mol. The zero-order valence-corrected chi connectivity index (χ0v) is 11.3. The molecule has 0 aromatic heterocycles. The lowest BCUT2D eigenvalue weighted by atomic mass is 9.87. The first-order valence-electron chi connectivity index (χ1n) is 5.85. The standard InChI is InChI=1S/C13H20ClFN2/c1-8(2)9(3)13(17-16)6-10-4-5-11(15)7-12(10)14/h4-5,7-9,13,17H,6,16H2,1-3H3. The van der Waals surface area contributed by atoms with Gasteiger partial charge in [0.15, 0.2) is 0 Å². The molecule has 0 aliphatic rings. The SMILES string of the molecule is CC(C)C(C)C(Cc1ccc(F)cc1Cl)NN. The van der Waals surface area contributed by atoms with Gasteiger partial charge in [0.1, 0.15) is 5.82 Å². The summed E-state index contributed by atoms with van der Waals surface area (Å²) in [7, 11) is 0. The summed E-state index contributed by atoms with van der Waals surface area (Å²) in [5, 5.41) is 0.459. The Kier molecular flexibility index (Phi) is 5.37. The van der Waals surface area contributed by atoms with Crippen LogP contribution in [0.15, 0.2) is 18.2 Å². The van der Waals surface area contributed by atoms with Crippen LogP contribution in [0.25, 0.3) is 0 Å². The predicted molar refractivity (Wildman–Crippen MR) is 70.2 cm³/mol. The summed E-state index contributed by atoms with van der Waals surface area (Å²) in [6.07, 6.45) is 0.703. The van der Waals surface area contributed by atoms with Gasteiger partial charge in [-0.1, -0.05) is 38.4 Å². The molecular formula is C13H20ClFN2. The summed E-state index contributed by atoms with van der Waals surface area (Å²) < 4.78 is 12.9. The van der Waals surface area contributed by atoms with Crippen LogP contribution in [0.4, 0.5) is 4.39 Å². The van der Waals surface area contributed by atoms with Gasteiger partial charge in [-0.2, -0.15) is 0 Å². The van der Waals surface area contributed by atoms with Crippen molar-refractivity contribution >= 4 is 11.6 Å². The van der Waals surface area contributed by atoms with Crippen LogP contribution in [0.5, 0.6) is 0 Å². The van der Waals surface area contributed by atoms with Gasteiger partial charge in [0.2, 0.25) is 0 Å². The number of nitrogens with one attached hydrogen (secondary N) is 1. The number of rotatable bonds is 5. The summed E-state index contributed by atoms with van der Waals surface area (Å²) in [5.74, 6) is 6.20. The zero-order valence-electron chi connectivity index (χ0n) is 10.5. The van der Waals surface area contributed by atoms with E-state index in [-0.39, 0.29) is 11.9 Å². The molecule has 0 fully saturated rings. The zero-order chi connectivity index (χ0) is 13.0. The summed E-state index contributed by atoms with van der Waals surface area (Å²) >= 11 is 6.01. The Morgan fingerprint density at radius 2 is 2.00 bits per heavy atom. The van der Waals surface area contributed by atoms with E-state index in [1.807, 2.05) is 0 Å². The number of benzene rings is 1. The molecule has 3 N–H and O–H groups in total. The summed E-state index contributed by atoms with van der Waals surface area (Å²) in [5.41, 5.74) is 3.74. The smallest absolute Gasteiger partial charge is 0.124 e. The van der Waals surface area contributed by atoms with E-state index in [2.05, 4.69) is 26.2 Å². The minimum atomic E-state index is -0.312. The lowest BCUT2D eigenvalue weighted by Gasteiger charge is -2.26. The third kappa shape index (κ3) is 3.95. The molecule has 4 heteroatoms. The average Bonchev–Trinajstić information content (AvgIpc) is 2.27. The number of hydrogen-bond acceptors (Lipinski definition) is 2.